The van der Waals surface area contributed by atoms with Crippen LogP contribution in [0.15, 0.2) is 53.7 Å². The molecule has 2 saturated heterocycles. The molecular formula is C32H41N3O5S. The summed E-state index contributed by atoms with van der Waals surface area (Å²) in [6.45, 7) is 5.80. The van der Waals surface area contributed by atoms with Crippen LogP contribution in [-0.4, -0.2) is 72.4 Å². The Hall–Kier alpha value is -3.01. The van der Waals surface area contributed by atoms with Crippen molar-refractivity contribution in [3.05, 3.63) is 48.5 Å². The van der Waals surface area contributed by atoms with E-state index in [0.29, 0.717) is 32.7 Å². The van der Waals surface area contributed by atoms with Crippen molar-refractivity contribution >= 4 is 17.7 Å². The zero-order chi connectivity index (χ0) is 28.7. The molecule has 0 aliphatic carbocycles. The van der Waals surface area contributed by atoms with Crippen molar-refractivity contribution in [2.75, 3.05) is 46.3 Å². The molecule has 3 heterocycles. The van der Waals surface area contributed by atoms with Gasteiger partial charge in [-0.2, -0.15) is 0 Å². The monoisotopic (exact) mass is 579 g/mol. The second-order valence-corrected chi connectivity index (χ2v) is 11.6. The van der Waals surface area contributed by atoms with Crippen LogP contribution in [0, 0.1) is 0 Å². The molecule has 0 radical (unpaired) electrons. The van der Waals surface area contributed by atoms with Crippen molar-refractivity contribution < 1.29 is 23.7 Å². The van der Waals surface area contributed by atoms with E-state index in [-0.39, 0.29) is 5.91 Å². The van der Waals surface area contributed by atoms with Crippen molar-refractivity contribution in [3.63, 3.8) is 0 Å². The van der Waals surface area contributed by atoms with Crippen LogP contribution >= 0.6 is 11.8 Å². The van der Waals surface area contributed by atoms with E-state index in [1.165, 1.54) is 0 Å². The van der Waals surface area contributed by atoms with E-state index >= 15 is 0 Å². The van der Waals surface area contributed by atoms with Gasteiger partial charge in [-0.05, 0) is 67.8 Å². The summed E-state index contributed by atoms with van der Waals surface area (Å²) in [6.07, 6.45) is 4.92. The Morgan fingerprint density at radius 3 is 2.12 bits per heavy atom. The topological polar surface area (TPSA) is 75.1 Å². The van der Waals surface area contributed by atoms with Gasteiger partial charge in [0.2, 0.25) is 5.91 Å². The third-order valence-corrected chi connectivity index (χ3v) is 8.88. The number of hydrogen-bond acceptors (Lipinski definition) is 7. The van der Waals surface area contributed by atoms with Gasteiger partial charge in [0.25, 0.3) is 0 Å². The molecule has 1 amide bonds. The van der Waals surface area contributed by atoms with Gasteiger partial charge in [-0.15, -0.1) is 0 Å². The van der Waals surface area contributed by atoms with Crippen molar-refractivity contribution in [2.24, 2.45) is 0 Å². The third-order valence-electron chi connectivity index (χ3n) is 7.81. The highest BCUT2D eigenvalue weighted by atomic mass is 32.2. The molecule has 220 valence electrons. The maximum atomic E-state index is 12.8. The number of hydrogen-bond donors (Lipinski definition) is 0. The summed E-state index contributed by atoms with van der Waals surface area (Å²) in [5.74, 6) is 2.35. The fraction of sp³-hybridized carbons (Fsp3) is 0.500. The lowest BCUT2D eigenvalue weighted by molar-refractivity contribution is -0.187. The number of likely N-dealkylation sites (tertiary alicyclic amines) is 1. The first-order valence-corrected chi connectivity index (χ1v) is 15.6. The average Bonchev–Trinajstić information content (AvgIpc) is 3.62. The lowest BCUT2D eigenvalue weighted by Gasteiger charge is -2.37. The molecule has 41 heavy (non-hydrogen) atoms. The number of amides is 1. The maximum Gasteiger partial charge on any atom is 0.222 e. The van der Waals surface area contributed by atoms with Gasteiger partial charge < -0.3 is 28.4 Å². The molecule has 0 bridgehead atoms. The van der Waals surface area contributed by atoms with Crippen molar-refractivity contribution in [3.8, 4) is 34.0 Å². The number of imidazole rings is 1. The SMILES string of the molecule is CCCn1c(SCCCCC(=O)N2CCC3(CC2)OCCO3)nc(-c2ccc(OC)cc2)c1-c1ccc(OC)cc1. The Morgan fingerprint density at radius 1 is 0.927 bits per heavy atom. The molecular weight excluding hydrogens is 538 g/mol. The molecule has 2 aromatic carbocycles. The summed E-state index contributed by atoms with van der Waals surface area (Å²) in [6, 6.07) is 16.3. The summed E-state index contributed by atoms with van der Waals surface area (Å²) in [4.78, 5) is 20.0. The highest BCUT2D eigenvalue weighted by Crippen LogP contribution is 2.38. The van der Waals surface area contributed by atoms with Gasteiger partial charge in [-0.3, -0.25) is 4.79 Å². The minimum absolute atomic E-state index is 0.235. The van der Waals surface area contributed by atoms with Crippen LogP contribution in [0.3, 0.4) is 0 Å². The largest absolute Gasteiger partial charge is 0.497 e. The minimum Gasteiger partial charge on any atom is -0.497 e. The Bertz CT molecular complexity index is 1280. The predicted molar refractivity (Wildman–Crippen MR) is 162 cm³/mol. The zero-order valence-corrected chi connectivity index (χ0v) is 25.2. The summed E-state index contributed by atoms with van der Waals surface area (Å²) in [5.41, 5.74) is 4.22. The molecule has 8 nitrogen and oxygen atoms in total. The van der Waals surface area contributed by atoms with E-state index in [1.807, 2.05) is 29.2 Å². The normalized spacial score (nSPS) is 16.3. The van der Waals surface area contributed by atoms with E-state index in [2.05, 4.69) is 35.8 Å². The quantitative estimate of drug-likeness (QED) is 0.185. The highest BCUT2D eigenvalue weighted by Gasteiger charge is 2.40. The Labute approximate surface area is 247 Å². The van der Waals surface area contributed by atoms with Crippen LogP contribution in [0.4, 0.5) is 0 Å². The smallest absolute Gasteiger partial charge is 0.222 e. The highest BCUT2D eigenvalue weighted by molar-refractivity contribution is 7.99. The lowest BCUT2D eigenvalue weighted by atomic mass is 10.0. The van der Waals surface area contributed by atoms with Crippen LogP contribution in [-0.2, 0) is 20.8 Å². The van der Waals surface area contributed by atoms with E-state index in [1.54, 1.807) is 26.0 Å². The second-order valence-electron chi connectivity index (χ2n) is 10.5. The van der Waals surface area contributed by atoms with Crippen LogP contribution in [0.1, 0.15) is 45.4 Å². The molecule has 0 unspecified atom stereocenters. The number of carbonyl (C=O) groups excluding carboxylic acids is 1. The number of aromatic nitrogens is 2. The first kappa shape index (κ1) is 29.5. The molecule has 3 aromatic rings. The first-order chi connectivity index (χ1) is 20.1. The number of piperidine rings is 1. The predicted octanol–water partition coefficient (Wildman–Crippen LogP) is 6.27. The number of ether oxygens (including phenoxy) is 4. The molecule has 0 saturated carbocycles. The molecule has 2 aliphatic rings. The van der Waals surface area contributed by atoms with Crippen LogP contribution in [0.2, 0.25) is 0 Å². The Kier molecular flexibility index (Phi) is 9.90. The molecule has 0 atom stereocenters. The van der Waals surface area contributed by atoms with Crippen LogP contribution in [0.25, 0.3) is 22.5 Å². The van der Waals surface area contributed by atoms with Crippen LogP contribution in [0.5, 0.6) is 11.5 Å². The zero-order valence-electron chi connectivity index (χ0n) is 24.4. The van der Waals surface area contributed by atoms with Crippen molar-refractivity contribution in [1.29, 1.82) is 0 Å². The fourth-order valence-electron chi connectivity index (χ4n) is 5.55. The van der Waals surface area contributed by atoms with Gasteiger partial charge in [-0.25, -0.2) is 4.98 Å². The van der Waals surface area contributed by atoms with Gasteiger partial charge in [-0.1, -0.05) is 18.7 Å². The Balaban J connectivity index is 1.25. The summed E-state index contributed by atoms with van der Waals surface area (Å²) in [7, 11) is 3.36. The molecule has 5 rings (SSSR count). The summed E-state index contributed by atoms with van der Waals surface area (Å²) >= 11 is 1.77. The minimum atomic E-state index is -0.441. The number of nitrogens with zero attached hydrogens (tertiary/aromatic N) is 3. The lowest BCUT2D eigenvalue weighted by Crippen LogP contribution is -2.47. The van der Waals surface area contributed by atoms with E-state index < -0.39 is 5.79 Å². The van der Waals surface area contributed by atoms with Gasteiger partial charge in [0.05, 0.1) is 38.8 Å². The number of thioether (sulfide) groups is 1. The third kappa shape index (κ3) is 6.90. The molecule has 2 aliphatic heterocycles. The van der Waals surface area contributed by atoms with E-state index in [9.17, 15) is 4.79 Å². The van der Waals surface area contributed by atoms with E-state index in [0.717, 1.165) is 83.6 Å². The van der Waals surface area contributed by atoms with Gasteiger partial charge in [0.15, 0.2) is 10.9 Å². The molecule has 1 spiro atoms. The van der Waals surface area contributed by atoms with E-state index in [4.69, 9.17) is 23.9 Å². The number of methoxy groups -OCH3 is 2. The van der Waals surface area contributed by atoms with Crippen molar-refractivity contribution in [2.45, 2.75) is 62.9 Å². The summed E-state index contributed by atoms with van der Waals surface area (Å²) < 4.78 is 24.7. The molecule has 1 aromatic heterocycles. The van der Waals surface area contributed by atoms with Gasteiger partial charge in [0.1, 0.15) is 11.5 Å². The number of rotatable bonds is 12. The molecule has 2 fully saturated rings. The molecule has 9 heteroatoms. The number of unbranched alkanes of at least 4 members (excludes halogenated alkanes) is 1. The fourth-order valence-corrected chi connectivity index (χ4v) is 6.57. The average molecular weight is 580 g/mol. The maximum absolute atomic E-state index is 12.8. The summed E-state index contributed by atoms with van der Waals surface area (Å²) in [5, 5.41) is 1.01. The Morgan fingerprint density at radius 2 is 1.54 bits per heavy atom. The second kappa shape index (κ2) is 13.8. The first-order valence-electron chi connectivity index (χ1n) is 14.6. The van der Waals surface area contributed by atoms with Gasteiger partial charge in [0, 0.05) is 55.8 Å². The van der Waals surface area contributed by atoms with Crippen LogP contribution < -0.4 is 9.47 Å². The number of benzene rings is 2. The molecule has 0 N–H and O–H groups in total. The standard InChI is InChI=1S/C32H41N3O5S/c1-4-18-35-30(25-10-14-27(38-3)15-11-25)29(24-8-12-26(37-2)13-9-24)33-31(35)41-23-6-5-7-28(36)34-19-16-32(17-20-34)39-21-22-40-32/h8-15H,4-7,16-23H2,1-3H3. The van der Waals surface area contributed by atoms with Gasteiger partial charge >= 0.3 is 0 Å². The van der Waals surface area contributed by atoms with Crippen molar-refractivity contribution in [1.82, 2.24) is 14.5 Å². The number of carbonyl (C=O) groups is 1.